The summed E-state index contributed by atoms with van der Waals surface area (Å²) >= 11 is 0. The van der Waals surface area contributed by atoms with E-state index in [0.717, 1.165) is 24.5 Å². The average molecular weight is 202 g/mol. The van der Waals surface area contributed by atoms with Crippen LogP contribution in [0.2, 0.25) is 0 Å². The molecule has 1 unspecified atom stereocenters. The minimum absolute atomic E-state index is 0.288. The summed E-state index contributed by atoms with van der Waals surface area (Å²) in [6.07, 6.45) is 0.288. The SMILES string of the molecule is c1ccc(-c2nnnn2CC2CO2)cc1. The summed E-state index contributed by atoms with van der Waals surface area (Å²) < 4.78 is 6.94. The fourth-order valence-electron chi connectivity index (χ4n) is 1.49. The maximum atomic E-state index is 5.16. The van der Waals surface area contributed by atoms with E-state index in [0.29, 0.717) is 0 Å². The number of ether oxygens (including phenoxy) is 1. The standard InChI is InChI=1S/C10H10N4O/c1-2-4-8(5-3-1)10-11-12-13-14(10)6-9-7-15-9/h1-5,9H,6-7H2. The van der Waals surface area contributed by atoms with Gasteiger partial charge in [-0.05, 0) is 10.4 Å². The van der Waals surface area contributed by atoms with E-state index in [1.807, 2.05) is 30.3 Å². The first-order chi connectivity index (χ1) is 7.43. The molecule has 3 rings (SSSR count). The first kappa shape index (κ1) is 8.55. The largest absolute Gasteiger partial charge is 0.371 e. The van der Waals surface area contributed by atoms with E-state index in [1.54, 1.807) is 4.68 Å². The Kier molecular flexibility index (Phi) is 1.96. The number of aromatic nitrogens is 4. The smallest absolute Gasteiger partial charge is 0.182 e. The van der Waals surface area contributed by atoms with Gasteiger partial charge in [0.1, 0.15) is 6.10 Å². The van der Waals surface area contributed by atoms with E-state index in [-0.39, 0.29) is 6.10 Å². The number of rotatable bonds is 3. The van der Waals surface area contributed by atoms with Gasteiger partial charge in [-0.3, -0.25) is 0 Å². The predicted molar refractivity (Wildman–Crippen MR) is 53.0 cm³/mol. The van der Waals surface area contributed by atoms with E-state index in [4.69, 9.17) is 4.74 Å². The third-order valence-electron chi connectivity index (χ3n) is 2.34. The van der Waals surface area contributed by atoms with Gasteiger partial charge in [0.05, 0.1) is 13.2 Å². The van der Waals surface area contributed by atoms with Crippen molar-refractivity contribution in [2.75, 3.05) is 6.61 Å². The van der Waals surface area contributed by atoms with Gasteiger partial charge in [-0.25, -0.2) is 4.68 Å². The van der Waals surface area contributed by atoms with Crippen LogP contribution in [0.1, 0.15) is 0 Å². The van der Waals surface area contributed by atoms with Gasteiger partial charge >= 0.3 is 0 Å². The van der Waals surface area contributed by atoms with E-state index < -0.39 is 0 Å². The molecule has 0 spiro atoms. The molecule has 1 aromatic carbocycles. The lowest BCUT2D eigenvalue weighted by atomic mass is 10.2. The quantitative estimate of drug-likeness (QED) is 0.689. The molecule has 2 heterocycles. The Morgan fingerprint density at radius 2 is 2.13 bits per heavy atom. The second-order valence-electron chi connectivity index (χ2n) is 3.51. The van der Waals surface area contributed by atoms with E-state index in [1.165, 1.54) is 0 Å². The third-order valence-corrected chi connectivity index (χ3v) is 2.34. The van der Waals surface area contributed by atoms with Gasteiger partial charge in [0, 0.05) is 5.56 Å². The first-order valence-corrected chi connectivity index (χ1v) is 4.86. The number of tetrazole rings is 1. The number of hydrogen-bond acceptors (Lipinski definition) is 4. The van der Waals surface area contributed by atoms with Crippen LogP contribution in [0.25, 0.3) is 11.4 Å². The molecule has 0 aliphatic carbocycles. The van der Waals surface area contributed by atoms with Gasteiger partial charge in [-0.2, -0.15) is 0 Å². The summed E-state index contributed by atoms with van der Waals surface area (Å²) in [6, 6.07) is 9.91. The van der Waals surface area contributed by atoms with E-state index in [9.17, 15) is 0 Å². The zero-order valence-electron chi connectivity index (χ0n) is 8.08. The highest BCUT2D eigenvalue weighted by Crippen LogP contribution is 2.18. The molecule has 15 heavy (non-hydrogen) atoms. The monoisotopic (exact) mass is 202 g/mol. The van der Waals surface area contributed by atoms with Crippen molar-refractivity contribution in [3.63, 3.8) is 0 Å². The maximum Gasteiger partial charge on any atom is 0.182 e. The maximum absolute atomic E-state index is 5.16. The highest BCUT2D eigenvalue weighted by molar-refractivity contribution is 5.53. The second-order valence-corrected chi connectivity index (χ2v) is 3.51. The van der Waals surface area contributed by atoms with E-state index in [2.05, 4.69) is 15.5 Å². The van der Waals surface area contributed by atoms with Crippen molar-refractivity contribution in [3.05, 3.63) is 30.3 Å². The molecular weight excluding hydrogens is 192 g/mol. The van der Waals surface area contributed by atoms with Crippen LogP contribution in [0.3, 0.4) is 0 Å². The highest BCUT2D eigenvalue weighted by atomic mass is 16.6. The summed E-state index contributed by atoms with van der Waals surface area (Å²) in [7, 11) is 0. The number of benzene rings is 1. The van der Waals surface area contributed by atoms with Crippen LogP contribution in [0, 0.1) is 0 Å². The lowest BCUT2D eigenvalue weighted by Crippen LogP contribution is -2.07. The summed E-state index contributed by atoms with van der Waals surface area (Å²) in [6.45, 7) is 1.55. The number of hydrogen-bond donors (Lipinski definition) is 0. The van der Waals surface area contributed by atoms with Crippen molar-refractivity contribution < 1.29 is 4.74 Å². The Morgan fingerprint density at radius 3 is 2.87 bits per heavy atom. The molecule has 5 nitrogen and oxygen atoms in total. The molecule has 1 aliphatic rings. The number of epoxide rings is 1. The molecule has 0 amide bonds. The van der Waals surface area contributed by atoms with Crippen LogP contribution in [-0.2, 0) is 11.3 Å². The highest BCUT2D eigenvalue weighted by Gasteiger charge is 2.25. The molecule has 1 aliphatic heterocycles. The molecule has 1 fully saturated rings. The minimum atomic E-state index is 0.288. The third kappa shape index (κ3) is 1.73. The fraction of sp³-hybridized carbons (Fsp3) is 0.300. The van der Waals surface area contributed by atoms with Crippen molar-refractivity contribution in [1.29, 1.82) is 0 Å². The normalized spacial score (nSPS) is 19.1. The van der Waals surface area contributed by atoms with Crippen molar-refractivity contribution in [1.82, 2.24) is 20.2 Å². The molecule has 0 bridgehead atoms. The summed E-state index contributed by atoms with van der Waals surface area (Å²) in [5, 5.41) is 11.6. The van der Waals surface area contributed by atoms with Crippen LogP contribution in [0.5, 0.6) is 0 Å². The molecule has 5 heteroatoms. The molecule has 1 atom stereocenters. The summed E-state index contributed by atoms with van der Waals surface area (Å²) in [5.74, 6) is 0.797. The van der Waals surface area contributed by atoms with Gasteiger partial charge < -0.3 is 4.74 Å². The van der Waals surface area contributed by atoms with Gasteiger partial charge in [-0.1, -0.05) is 30.3 Å². The topological polar surface area (TPSA) is 56.1 Å². The van der Waals surface area contributed by atoms with Crippen molar-refractivity contribution in [2.45, 2.75) is 12.6 Å². The first-order valence-electron chi connectivity index (χ1n) is 4.86. The lowest BCUT2D eigenvalue weighted by Gasteiger charge is -2.01. The van der Waals surface area contributed by atoms with Crippen LogP contribution in [0.4, 0.5) is 0 Å². The molecule has 0 N–H and O–H groups in total. The summed E-state index contributed by atoms with van der Waals surface area (Å²) in [5.41, 5.74) is 1.03. The van der Waals surface area contributed by atoms with E-state index >= 15 is 0 Å². The Balaban J connectivity index is 1.93. The Hall–Kier alpha value is -1.75. The molecule has 0 saturated carbocycles. The van der Waals surface area contributed by atoms with Gasteiger partial charge in [0.25, 0.3) is 0 Å². The Labute approximate surface area is 86.7 Å². The Morgan fingerprint density at radius 1 is 1.33 bits per heavy atom. The van der Waals surface area contributed by atoms with Crippen LogP contribution in [0.15, 0.2) is 30.3 Å². The van der Waals surface area contributed by atoms with Crippen molar-refractivity contribution in [2.24, 2.45) is 0 Å². The zero-order valence-corrected chi connectivity index (χ0v) is 8.08. The number of nitrogens with zero attached hydrogens (tertiary/aromatic N) is 4. The molecule has 1 aromatic heterocycles. The zero-order chi connectivity index (χ0) is 10.1. The fourth-order valence-corrected chi connectivity index (χ4v) is 1.49. The molecular formula is C10H10N4O. The lowest BCUT2D eigenvalue weighted by molar-refractivity contribution is 0.372. The van der Waals surface area contributed by atoms with Crippen LogP contribution < -0.4 is 0 Å². The van der Waals surface area contributed by atoms with Crippen LogP contribution in [-0.4, -0.2) is 32.9 Å². The second kappa shape index (κ2) is 3.43. The summed E-state index contributed by atoms with van der Waals surface area (Å²) in [4.78, 5) is 0. The van der Waals surface area contributed by atoms with Crippen LogP contribution >= 0.6 is 0 Å². The molecule has 76 valence electrons. The molecule has 2 aromatic rings. The predicted octanol–water partition coefficient (Wildman–Crippen LogP) is 0.739. The van der Waals surface area contributed by atoms with Crippen molar-refractivity contribution >= 4 is 0 Å². The minimum Gasteiger partial charge on any atom is -0.371 e. The van der Waals surface area contributed by atoms with Gasteiger partial charge in [-0.15, -0.1) is 5.10 Å². The van der Waals surface area contributed by atoms with Gasteiger partial charge in [0.15, 0.2) is 5.82 Å². The van der Waals surface area contributed by atoms with Crippen molar-refractivity contribution in [3.8, 4) is 11.4 Å². The molecule has 1 saturated heterocycles. The molecule has 0 radical (unpaired) electrons. The average Bonchev–Trinajstić information content (AvgIpc) is 2.96. The van der Waals surface area contributed by atoms with Gasteiger partial charge in [0.2, 0.25) is 0 Å². The Bertz CT molecular complexity index is 449.